The standard InChI is InChI=1S/C12H22N4O3S/c1-3-19-10-4-6-16(7-5-10)20(17,18)12-9(2)14-15-11(12)8-13/h10H,3-8,13H2,1-2H3,(H,14,15). The second-order valence-electron chi connectivity index (χ2n) is 4.89. The second kappa shape index (κ2) is 6.21. The van der Waals surface area contributed by atoms with Crippen LogP contribution in [0.15, 0.2) is 4.90 Å². The van der Waals surface area contributed by atoms with Crippen molar-refractivity contribution < 1.29 is 13.2 Å². The smallest absolute Gasteiger partial charge is 0.246 e. The number of H-pyrrole nitrogens is 1. The van der Waals surface area contributed by atoms with Crippen molar-refractivity contribution >= 4 is 10.0 Å². The van der Waals surface area contributed by atoms with Gasteiger partial charge in [0.2, 0.25) is 10.0 Å². The predicted molar refractivity (Wildman–Crippen MR) is 74.6 cm³/mol. The number of aryl methyl sites for hydroxylation is 1. The summed E-state index contributed by atoms with van der Waals surface area (Å²) in [5.74, 6) is 0. The van der Waals surface area contributed by atoms with Gasteiger partial charge in [-0.3, -0.25) is 5.10 Å². The van der Waals surface area contributed by atoms with Crippen LogP contribution in [0.2, 0.25) is 0 Å². The van der Waals surface area contributed by atoms with Gasteiger partial charge in [0.1, 0.15) is 4.90 Å². The van der Waals surface area contributed by atoms with Crippen molar-refractivity contribution in [2.75, 3.05) is 19.7 Å². The minimum Gasteiger partial charge on any atom is -0.378 e. The zero-order valence-corrected chi connectivity index (χ0v) is 12.7. The number of hydrogen-bond donors (Lipinski definition) is 2. The zero-order chi connectivity index (χ0) is 14.8. The van der Waals surface area contributed by atoms with Crippen LogP contribution in [0.1, 0.15) is 31.2 Å². The lowest BCUT2D eigenvalue weighted by Crippen LogP contribution is -2.41. The van der Waals surface area contributed by atoms with Gasteiger partial charge < -0.3 is 10.5 Å². The molecule has 0 unspecified atom stereocenters. The summed E-state index contributed by atoms with van der Waals surface area (Å²) in [4.78, 5) is 0.231. The van der Waals surface area contributed by atoms with Crippen LogP contribution in [0.4, 0.5) is 0 Å². The van der Waals surface area contributed by atoms with Crippen LogP contribution in [0.3, 0.4) is 0 Å². The summed E-state index contributed by atoms with van der Waals surface area (Å²) < 4.78 is 32.4. The fourth-order valence-electron chi connectivity index (χ4n) is 2.55. The third-order valence-electron chi connectivity index (χ3n) is 3.56. The van der Waals surface area contributed by atoms with Crippen LogP contribution in [-0.2, 0) is 21.3 Å². The lowest BCUT2D eigenvalue weighted by atomic mass is 10.1. The summed E-state index contributed by atoms with van der Waals surface area (Å²) in [7, 11) is -3.53. The molecule has 0 bridgehead atoms. The van der Waals surface area contributed by atoms with E-state index in [1.165, 1.54) is 4.31 Å². The molecule has 1 aromatic rings. The van der Waals surface area contributed by atoms with Gasteiger partial charge in [-0.2, -0.15) is 9.40 Å². The van der Waals surface area contributed by atoms with Gasteiger partial charge in [0, 0.05) is 26.2 Å². The van der Waals surface area contributed by atoms with E-state index >= 15 is 0 Å². The Morgan fingerprint density at radius 1 is 1.45 bits per heavy atom. The molecule has 0 saturated carbocycles. The SMILES string of the molecule is CCOC1CCN(S(=O)(=O)c2c(CN)n[nH]c2C)CC1. The number of sulfonamides is 1. The number of nitrogens with zero attached hydrogens (tertiary/aromatic N) is 2. The molecule has 0 spiro atoms. The molecule has 0 aliphatic carbocycles. The normalized spacial score (nSPS) is 18.6. The van der Waals surface area contributed by atoms with Gasteiger partial charge in [0.15, 0.2) is 0 Å². The van der Waals surface area contributed by atoms with Crippen molar-refractivity contribution in [1.82, 2.24) is 14.5 Å². The van der Waals surface area contributed by atoms with Gasteiger partial charge in [-0.05, 0) is 26.7 Å². The van der Waals surface area contributed by atoms with E-state index in [1.54, 1.807) is 6.92 Å². The topological polar surface area (TPSA) is 101 Å². The van der Waals surface area contributed by atoms with Crippen molar-refractivity contribution in [3.05, 3.63) is 11.4 Å². The van der Waals surface area contributed by atoms with Crippen molar-refractivity contribution in [3.8, 4) is 0 Å². The van der Waals surface area contributed by atoms with Gasteiger partial charge in [0.25, 0.3) is 0 Å². The molecule has 0 atom stereocenters. The molecule has 1 aliphatic rings. The highest BCUT2D eigenvalue weighted by Gasteiger charge is 2.33. The van der Waals surface area contributed by atoms with E-state index in [-0.39, 0.29) is 17.5 Å². The minimum absolute atomic E-state index is 0.105. The number of piperidine rings is 1. The maximum absolute atomic E-state index is 12.7. The van der Waals surface area contributed by atoms with Crippen LogP contribution in [0.25, 0.3) is 0 Å². The molecule has 3 N–H and O–H groups in total. The molecule has 8 heteroatoms. The first-order valence-electron chi connectivity index (χ1n) is 6.86. The van der Waals surface area contributed by atoms with Gasteiger partial charge in [0.05, 0.1) is 17.5 Å². The molecule has 0 radical (unpaired) electrons. The molecule has 1 fully saturated rings. The molecule has 1 aromatic heterocycles. The van der Waals surface area contributed by atoms with Gasteiger partial charge in [-0.15, -0.1) is 0 Å². The molecule has 7 nitrogen and oxygen atoms in total. The molecule has 0 amide bonds. The first-order chi connectivity index (χ1) is 9.50. The Hall–Kier alpha value is -0.960. The van der Waals surface area contributed by atoms with Crippen molar-refractivity contribution in [3.63, 3.8) is 0 Å². The molecule has 2 rings (SSSR count). The summed E-state index contributed by atoms with van der Waals surface area (Å²) in [6, 6.07) is 0. The van der Waals surface area contributed by atoms with E-state index in [2.05, 4.69) is 10.2 Å². The molecule has 20 heavy (non-hydrogen) atoms. The summed E-state index contributed by atoms with van der Waals surface area (Å²) in [5.41, 5.74) is 6.50. The van der Waals surface area contributed by atoms with E-state index in [9.17, 15) is 8.42 Å². The molecule has 0 aromatic carbocycles. The van der Waals surface area contributed by atoms with Crippen LogP contribution in [0.5, 0.6) is 0 Å². The van der Waals surface area contributed by atoms with Crippen LogP contribution in [-0.4, -0.2) is 48.7 Å². The largest absolute Gasteiger partial charge is 0.378 e. The third kappa shape index (κ3) is 2.88. The molecule has 1 aliphatic heterocycles. The monoisotopic (exact) mass is 302 g/mol. The Bertz CT molecular complexity index is 547. The zero-order valence-electron chi connectivity index (χ0n) is 11.9. The molecular weight excluding hydrogens is 280 g/mol. The average molecular weight is 302 g/mol. The number of nitrogens with two attached hydrogens (primary N) is 1. The highest BCUT2D eigenvalue weighted by molar-refractivity contribution is 7.89. The predicted octanol–water partition coefficient (Wildman–Crippen LogP) is 0.366. The highest BCUT2D eigenvalue weighted by Crippen LogP contribution is 2.25. The van der Waals surface area contributed by atoms with Crippen molar-refractivity contribution in [2.45, 2.75) is 44.2 Å². The van der Waals surface area contributed by atoms with E-state index in [0.717, 1.165) is 12.8 Å². The molecule has 1 saturated heterocycles. The van der Waals surface area contributed by atoms with E-state index in [1.807, 2.05) is 6.92 Å². The fraction of sp³-hybridized carbons (Fsp3) is 0.750. The molecular formula is C12H22N4O3S. The number of rotatable bonds is 5. The van der Waals surface area contributed by atoms with E-state index in [4.69, 9.17) is 10.5 Å². The number of hydrogen-bond acceptors (Lipinski definition) is 5. The summed E-state index contributed by atoms with van der Waals surface area (Å²) in [6.45, 7) is 5.37. The minimum atomic E-state index is -3.53. The number of aromatic amines is 1. The summed E-state index contributed by atoms with van der Waals surface area (Å²) in [6.07, 6.45) is 1.61. The number of aromatic nitrogens is 2. The third-order valence-corrected chi connectivity index (χ3v) is 5.66. The lowest BCUT2D eigenvalue weighted by molar-refractivity contribution is 0.0290. The first kappa shape index (κ1) is 15.4. The first-order valence-corrected chi connectivity index (χ1v) is 8.30. The Morgan fingerprint density at radius 3 is 2.65 bits per heavy atom. The number of nitrogens with one attached hydrogen (secondary N) is 1. The van der Waals surface area contributed by atoms with Gasteiger partial charge >= 0.3 is 0 Å². The van der Waals surface area contributed by atoms with Crippen molar-refractivity contribution in [2.24, 2.45) is 5.73 Å². The summed E-state index contributed by atoms with van der Waals surface area (Å²) >= 11 is 0. The summed E-state index contributed by atoms with van der Waals surface area (Å²) in [5, 5.41) is 6.66. The quantitative estimate of drug-likeness (QED) is 0.818. The van der Waals surface area contributed by atoms with Gasteiger partial charge in [-0.1, -0.05) is 0 Å². The van der Waals surface area contributed by atoms with Gasteiger partial charge in [-0.25, -0.2) is 8.42 Å². The lowest BCUT2D eigenvalue weighted by Gasteiger charge is -2.31. The highest BCUT2D eigenvalue weighted by atomic mass is 32.2. The maximum atomic E-state index is 12.7. The Balaban J connectivity index is 2.18. The van der Waals surface area contributed by atoms with E-state index in [0.29, 0.717) is 31.1 Å². The molecule has 2 heterocycles. The second-order valence-corrected chi connectivity index (χ2v) is 6.76. The Morgan fingerprint density at radius 2 is 2.10 bits per heavy atom. The Labute approximate surface area is 119 Å². The van der Waals surface area contributed by atoms with Crippen LogP contribution >= 0.6 is 0 Å². The maximum Gasteiger partial charge on any atom is 0.246 e. The van der Waals surface area contributed by atoms with E-state index < -0.39 is 10.0 Å². The fourth-order valence-corrected chi connectivity index (χ4v) is 4.36. The molecule has 114 valence electrons. The van der Waals surface area contributed by atoms with Crippen LogP contribution in [0, 0.1) is 6.92 Å². The van der Waals surface area contributed by atoms with Crippen LogP contribution < -0.4 is 5.73 Å². The number of ether oxygens (including phenoxy) is 1. The van der Waals surface area contributed by atoms with Crippen molar-refractivity contribution in [1.29, 1.82) is 0 Å². The average Bonchev–Trinajstić information content (AvgIpc) is 2.81. The Kier molecular flexibility index (Phi) is 4.79.